The number of amides is 2. The highest BCUT2D eigenvalue weighted by Gasteiger charge is 2.33. The predicted molar refractivity (Wildman–Crippen MR) is 128 cm³/mol. The molecule has 0 spiro atoms. The third kappa shape index (κ3) is 5.27. The molecule has 2 heterocycles. The van der Waals surface area contributed by atoms with E-state index in [2.05, 4.69) is 11.6 Å². The normalized spacial score (nSPS) is 28.0. The predicted octanol–water partition coefficient (Wildman–Crippen LogP) is 3.33. The molecule has 0 radical (unpaired) electrons. The van der Waals surface area contributed by atoms with Crippen molar-refractivity contribution < 1.29 is 18.0 Å². The summed E-state index contributed by atoms with van der Waals surface area (Å²) in [6, 6.07) is 5.07. The van der Waals surface area contributed by atoms with Gasteiger partial charge in [-0.15, -0.1) is 0 Å². The first-order valence-corrected chi connectivity index (χ1v) is 13.8. The molecule has 182 valence electrons. The van der Waals surface area contributed by atoms with E-state index in [9.17, 15) is 18.0 Å². The largest absolute Gasteiger partial charge is 0.342 e. The Kier molecular flexibility index (Phi) is 7.15. The summed E-state index contributed by atoms with van der Waals surface area (Å²) in [5, 5.41) is 0. The van der Waals surface area contributed by atoms with Crippen molar-refractivity contribution in [2.24, 2.45) is 17.8 Å². The molecule has 1 aromatic rings. The number of carbonyl (C=O) groups excluding carboxylic acids is 2. The molecule has 3 aliphatic rings. The van der Waals surface area contributed by atoms with Crippen LogP contribution in [0.5, 0.6) is 0 Å². The second-order valence-electron chi connectivity index (χ2n) is 10.3. The van der Waals surface area contributed by atoms with Gasteiger partial charge in [0.2, 0.25) is 21.8 Å². The smallest absolute Gasteiger partial charge is 0.240 e. The zero-order chi connectivity index (χ0) is 23.8. The second-order valence-corrected chi connectivity index (χ2v) is 12.1. The first-order valence-electron chi connectivity index (χ1n) is 12.4. The van der Waals surface area contributed by atoms with Gasteiger partial charge in [0, 0.05) is 44.2 Å². The maximum Gasteiger partial charge on any atom is 0.240 e. The van der Waals surface area contributed by atoms with Crippen LogP contribution in [0.4, 0.5) is 5.69 Å². The minimum Gasteiger partial charge on any atom is -0.342 e. The molecule has 2 fully saturated rings. The van der Waals surface area contributed by atoms with E-state index in [0.29, 0.717) is 24.8 Å². The third-order valence-corrected chi connectivity index (χ3v) is 9.06. The molecular formula is C25H37N3O4S. The van der Waals surface area contributed by atoms with Gasteiger partial charge in [-0.3, -0.25) is 9.59 Å². The summed E-state index contributed by atoms with van der Waals surface area (Å²) in [4.78, 5) is 28.8. The van der Waals surface area contributed by atoms with Crippen LogP contribution in [-0.4, -0.2) is 50.8 Å². The maximum atomic E-state index is 12.9. The fourth-order valence-electron chi connectivity index (χ4n) is 5.83. The van der Waals surface area contributed by atoms with Crippen molar-refractivity contribution in [3.05, 3.63) is 23.8 Å². The number of carbonyl (C=O) groups is 2. The molecule has 4 rings (SSSR count). The van der Waals surface area contributed by atoms with E-state index in [1.54, 1.807) is 23.1 Å². The van der Waals surface area contributed by atoms with Gasteiger partial charge >= 0.3 is 0 Å². The SMILES string of the molecule is CC(=O)N1c2ccc(S(=O)(=O)NCC3CCC(C(=O)N4CCC[C@@H](C)C4)CC3)cc2C[C@H]1C. The highest BCUT2D eigenvalue weighted by Crippen LogP contribution is 2.34. The van der Waals surface area contributed by atoms with Crippen molar-refractivity contribution in [2.75, 3.05) is 24.5 Å². The zero-order valence-corrected chi connectivity index (χ0v) is 20.9. The lowest BCUT2D eigenvalue weighted by Crippen LogP contribution is -2.43. The van der Waals surface area contributed by atoms with Crippen LogP contribution in [0, 0.1) is 17.8 Å². The average Bonchev–Trinajstić information content (AvgIpc) is 3.12. The Labute approximate surface area is 198 Å². The van der Waals surface area contributed by atoms with E-state index >= 15 is 0 Å². The van der Waals surface area contributed by atoms with Crippen molar-refractivity contribution in [3.8, 4) is 0 Å². The summed E-state index contributed by atoms with van der Waals surface area (Å²) < 4.78 is 28.6. The highest BCUT2D eigenvalue weighted by atomic mass is 32.2. The Morgan fingerprint density at radius 1 is 1.09 bits per heavy atom. The van der Waals surface area contributed by atoms with E-state index < -0.39 is 10.0 Å². The maximum absolute atomic E-state index is 12.9. The van der Waals surface area contributed by atoms with E-state index in [0.717, 1.165) is 56.4 Å². The van der Waals surface area contributed by atoms with Gasteiger partial charge in [-0.2, -0.15) is 0 Å². The lowest BCUT2D eigenvalue weighted by molar-refractivity contribution is -0.138. The number of rotatable bonds is 5. The number of piperidine rings is 1. The fraction of sp³-hybridized carbons (Fsp3) is 0.680. The van der Waals surface area contributed by atoms with Gasteiger partial charge in [-0.25, -0.2) is 13.1 Å². The molecule has 7 nitrogen and oxygen atoms in total. The van der Waals surface area contributed by atoms with Crippen LogP contribution in [0.25, 0.3) is 0 Å². The minimum absolute atomic E-state index is 0.0288. The summed E-state index contributed by atoms with van der Waals surface area (Å²) in [5.74, 6) is 1.20. The second kappa shape index (κ2) is 9.74. The minimum atomic E-state index is -3.62. The molecule has 2 aliphatic heterocycles. The van der Waals surface area contributed by atoms with Crippen LogP contribution in [0.2, 0.25) is 0 Å². The number of nitrogens with one attached hydrogen (secondary N) is 1. The van der Waals surface area contributed by atoms with E-state index in [4.69, 9.17) is 0 Å². The van der Waals surface area contributed by atoms with Crippen molar-refractivity contribution >= 4 is 27.5 Å². The Morgan fingerprint density at radius 3 is 2.48 bits per heavy atom. The van der Waals surface area contributed by atoms with Gasteiger partial charge in [-0.1, -0.05) is 6.92 Å². The van der Waals surface area contributed by atoms with Gasteiger partial charge in [0.25, 0.3) is 0 Å². The van der Waals surface area contributed by atoms with Gasteiger partial charge in [0.15, 0.2) is 0 Å². The van der Waals surface area contributed by atoms with Crippen LogP contribution < -0.4 is 9.62 Å². The lowest BCUT2D eigenvalue weighted by atomic mass is 9.81. The third-order valence-electron chi connectivity index (χ3n) is 7.64. The number of nitrogens with zero attached hydrogens (tertiary/aromatic N) is 2. The molecule has 33 heavy (non-hydrogen) atoms. The van der Waals surface area contributed by atoms with Crippen LogP contribution in [0.3, 0.4) is 0 Å². The molecule has 1 saturated heterocycles. The molecule has 0 bridgehead atoms. The molecule has 2 amide bonds. The molecule has 8 heteroatoms. The van der Waals surface area contributed by atoms with Crippen molar-refractivity contribution in [2.45, 2.75) is 76.7 Å². The number of hydrogen-bond donors (Lipinski definition) is 1. The van der Waals surface area contributed by atoms with Crippen LogP contribution in [0.1, 0.15) is 64.9 Å². The van der Waals surface area contributed by atoms with Crippen LogP contribution in [-0.2, 0) is 26.0 Å². The molecule has 1 aliphatic carbocycles. The van der Waals surface area contributed by atoms with Crippen molar-refractivity contribution in [3.63, 3.8) is 0 Å². The number of sulfonamides is 1. The van der Waals surface area contributed by atoms with E-state index in [1.165, 1.54) is 13.3 Å². The standard InChI is InChI=1S/C25H37N3O4S/c1-17-5-4-12-27(16-17)25(30)21-8-6-20(7-9-21)15-26-33(31,32)23-10-11-24-22(14-23)13-18(2)28(24)19(3)29/h10-11,14,17-18,20-21,26H,4-9,12-13,15-16H2,1-3H3/t17-,18-,20?,21?/m1/s1. The quantitative estimate of drug-likeness (QED) is 0.708. The summed E-state index contributed by atoms with van der Waals surface area (Å²) in [5.41, 5.74) is 1.70. The summed E-state index contributed by atoms with van der Waals surface area (Å²) in [6.07, 6.45) is 6.38. The molecule has 0 unspecified atom stereocenters. The lowest BCUT2D eigenvalue weighted by Gasteiger charge is -2.36. The van der Waals surface area contributed by atoms with E-state index in [1.807, 2.05) is 11.8 Å². The first kappa shape index (κ1) is 24.2. The summed E-state index contributed by atoms with van der Waals surface area (Å²) >= 11 is 0. The molecular weight excluding hydrogens is 438 g/mol. The number of fused-ring (bicyclic) bond motifs is 1. The average molecular weight is 476 g/mol. The molecule has 1 aromatic carbocycles. The number of benzene rings is 1. The number of likely N-dealkylation sites (tertiary alicyclic amines) is 1. The molecule has 2 atom stereocenters. The van der Waals surface area contributed by atoms with Crippen molar-refractivity contribution in [1.29, 1.82) is 0 Å². The molecule has 0 aromatic heterocycles. The van der Waals surface area contributed by atoms with Gasteiger partial charge in [-0.05, 0) is 87.5 Å². The van der Waals surface area contributed by atoms with Crippen LogP contribution >= 0.6 is 0 Å². The Morgan fingerprint density at radius 2 is 1.82 bits per heavy atom. The Hall–Kier alpha value is -1.93. The highest BCUT2D eigenvalue weighted by molar-refractivity contribution is 7.89. The Balaban J connectivity index is 1.31. The zero-order valence-electron chi connectivity index (χ0n) is 20.0. The fourth-order valence-corrected chi connectivity index (χ4v) is 6.99. The molecule has 1 saturated carbocycles. The topological polar surface area (TPSA) is 86.8 Å². The summed E-state index contributed by atoms with van der Waals surface area (Å²) in [6.45, 7) is 7.88. The Bertz CT molecular complexity index is 1000. The number of hydrogen-bond acceptors (Lipinski definition) is 4. The van der Waals surface area contributed by atoms with E-state index in [-0.39, 0.29) is 28.7 Å². The van der Waals surface area contributed by atoms with Gasteiger partial charge < -0.3 is 9.80 Å². The summed E-state index contributed by atoms with van der Waals surface area (Å²) in [7, 11) is -3.62. The van der Waals surface area contributed by atoms with Gasteiger partial charge in [0.1, 0.15) is 0 Å². The van der Waals surface area contributed by atoms with Gasteiger partial charge in [0.05, 0.1) is 4.90 Å². The monoisotopic (exact) mass is 475 g/mol. The molecule has 1 N–H and O–H groups in total. The first-order chi connectivity index (χ1) is 15.7. The number of anilines is 1. The van der Waals surface area contributed by atoms with Crippen LogP contribution in [0.15, 0.2) is 23.1 Å². The van der Waals surface area contributed by atoms with Crippen molar-refractivity contribution in [1.82, 2.24) is 9.62 Å².